The van der Waals surface area contributed by atoms with E-state index in [1.165, 1.54) is 0 Å². The second-order valence-corrected chi connectivity index (χ2v) is 5.53. The van der Waals surface area contributed by atoms with E-state index in [2.05, 4.69) is 24.8 Å². The Kier molecular flexibility index (Phi) is 5.34. The molecule has 0 N–H and O–H groups in total. The summed E-state index contributed by atoms with van der Waals surface area (Å²) in [5.41, 5.74) is -0.294. The standard InChI is InChI=1S/C15H25FN2/c1-5-13(4)18-10-15(16,11-18)12(3)7-8-14(6-2)9-17/h8,12-13H,5-7,10-11H2,1-4H3/b14-8+/t12?,13-/m0/s1. The van der Waals surface area contributed by atoms with Crippen molar-refractivity contribution in [3.63, 3.8) is 0 Å². The third-order valence-corrected chi connectivity index (χ3v) is 4.27. The number of likely N-dealkylation sites (tertiary alicyclic amines) is 1. The maximum atomic E-state index is 14.6. The Balaban J connectivity index is 2.47. The van der Waals surface area contributed by atoms with Crippen molar-refractivity contribution in [2.45, 2.75) is 58.7 Å². The van der Waals surface area contributed by atoms with Gasteiger partial charge in [-0.05, 0) is 32.1 Å². The molecule has 0 aliphatic carbocycles. The van der Waals surface area contributed by atoms with E-state index in [4.69, 9.17) is 5.26 Å². The number of hydrogen-bond acceptors (Lipinski definition) is 2. The van der Waals surface area contributed by atoms with Crippen LogP contribution >= 0.6 is 0 Å². The van der Waals surface area contributed by atoms with Crippen LogP contribution in [0, 0.1) is 17.2 Å². The minimum Gasteiger partial charge on any atom is -0.294 e. The predicted octanol–water partition coefficient (Wildman–Crippen LogP) is 3.69. The molecule has 1 fully saturated rings. The van der Waals surface area contributed by atoms with E-state index in [0.29, 0.717) is 25.6 Å². The molecule has 0 saturated carbocycles. The van der Waals surface area contributed by atoms with Crippen LogP contribution in [-0.4, -0.2) is 29.7 Å². The van der Waals surface area contributed by atoms with Gasteiger partial charge in [0.25, 0.3) is 0 Å². The molecule has 0 spiro atoms. The van der Waals surface area contributed by atoms with Crippen molar-refractivity contribution in [1.82, 2.24) is 4.90 Å². The quantitative estimate of drug-likeness (QED) is 0.674. The monoisotopic (exact) mass is 252 g/mol. The highest BCUT2D eigenvalue weighted by molar-refractivity contribution is 5.20. The van der Waals surface area contributed by atoms with E-state index in [9.17, 15) is 4.39 Å². The third-order valence-electron chi connectivity index (χ3n) is 4.27. The Morgan fingerprint density at radius 2 is 2.06 bits per heavy atom. The van der Waals surface area contributed by atoms with Gasteiger partial charge < -0.3 is 0 Å². The average molecular weight is 252 g/mol. The molecule has 0 aromatic heterocycles. The minimum atomic E-state index is -1.06. The fraction of sp³-hybridized carbons (Fsp3) is 0.800. The smallest absolute Gasteiger partial charge is 0.139 e. The van der Waals surface area contributed by atoms with E-state index in [1.54, 1.807) is 0 Å². The van der Waals surface area contributed by atoms with Gasteiger partial charge in [0.15, 0.2) is 0 Å². The number of hydrogen-bond donors (Lipinski definition) is 0. The van der Waals surface area contributed by atoms with Gasteiger partial charge in [-0.3, -0.25) is 4.90 Å². The molecule has 102 valence electrons. The van der Waals surface area contributed by atoms with Crippen LogP contribution in [0.3, 0.4) is 0 Å². The molecule has 2 atom stereocenters. The zero-order valence-electron chi connectivity index (χ0n) is 12.0. The molecular formula is C15H25FN2. The summed E-state index contributed by atoms with van der Waals surface area (Å²) < 4.78 is 14.6. The van der Waals surface area contributed by atoms with Crippen LogP contribution in [0.15, 0.2) is 11.6 Å². The largest absolute Gasteiger partial charge is 0.294 e. The summed E-state index contributed by atoms with van der Waals surface area (Å²) in [7, 11) is 0. The first kappa shape index (κ1) is 15.2. The van der Waals surface area contributed by atoms with Crippen molar-refractivity contribution in [3.8, 4) is 6.07 Å². The molecule has 18 heavy (non-hydrogen) atoms. The third kappa shape index (κ3) is 3.32. The minimum absolute atomic E-state index is 0.00675. The molecule has 1 saturated heterocycles. The van der Waals surface area contributed by atoms with Crippen LogP contribution < -0.4 is 0 Å². The van der Waals surface area contributed by atoms with Gasteiger partial charge in [0.2, 0.25) is 0 Å². The van der Waals surface area contributed by atoms with Gasteiger partial charge in [-0.1, -0.05) is 26.8 Å². The zero-order valence-corrected chi connectivity index (χ0v) is 12.0. The Morgan fingerprint density at radius 1 is 1.44 bits per heavy atom. The van der Waals surface area contributed by atoms with Gasteiger partial charge in [0.1, 0.15) is 5.67 Å². The second-order valence-electron chi connectivity index (χ2n) is 5.53. The van der Waals surface area contributed by atoms with Crippen LogP contribution in [0.4, 0.5) is 4.39 Å². The lowest BCUT2D eigenvalue weighted by molar-refractivity contribution is -0.0865. The zero-order chi connectivity index (χ0) is 13.8. The van der Waals surface area contributed by atoms with E-state index < -0.39 is 5.67 Å². The van der Waals surface area contributed by atoms with Crippen LogP contribution in [0.2, 0.25) is 0 Å². The maximum absolute atomic E-state index is 14.6. The van der Waals surface area contributed by atoms with E-state index in [1.807, 2.05) is 19.9 Å². The van der Waals surface area contributed by atoms with Crippen molar-refractivity contribution in [1.29, 1.82) is 5.26 Å². The number of halogens is 1. The maximum Gasteiger partial charge on any atom is 0.139 e. The molecule has 1 aliphatic rings. The van der Waals surface area contributed by atoms with Gasteiger partial charge in [0.05, 0.1) is 6.07 Å². The summed E-state index contributed by atoms with van der Waals surface area (Å²) >= 11 is 0. The molecule has 0 aromatic carbocycles. The molecule has 0 radical (unpaired) electrons. The predicted molar refractivity (Wildman–Crippen MR) is 72.9 cm³/mol. The number of rotatable bonds is 6. The molecule has 1 rings (SSSR count). The summed E-state index contributed by atoms with van der Waals surface area (Å²) in [5.74, 6) is -0.00675. The summed E-state index contributed by atoms with van der Waals surface area (Å²) in [6, 6.07) is 2.63. The topological polar surface area (TPSA) is 27.0 Å². The first-order chi connectivity index (χ1) is 8.46. The lowest BCUT2D eigenvalue weighted by Gasteiger charge is -2.50. The lowest BCUT2D eigenvalue weighted by atomic mass is 9.80. The normalized spacial score (nSPS) is 23.0. The van der Waals surface area contributed by atoms with Crippen molar-refractivity contribution in [2.24, 2.45) is 5.92 Å². The Bertz CT molecular complexity index is 337. The molecule has 1 heterocycles. The van der Waals surface area contributed by atoms with Crippen molar-refractivity contribution >= 4 is 0 Å². The van der Waals surface area contributed by atoms with Crippen molar-refractivity contribution in [2.75, 3.05) is 13.1 Å². The highest BCUT2D eigenvalue weighted by Gasteiger charge is 2.48. The highest BCUT2D eigenvalue weighted by Crippen LogP contribution is 2.36. The first-order valence-corrected chi connectivity index (χ1v) is 6.98. The fourth-order valence-electron chi connectivity index (χ4n) is 2.31. The number of allylic oxidation sites excluding steroid dienone is 2. The van der Waals surface area contributed by atoms with Crippen LogP contribution in [0.1, 0.15) is 47.0 Å². The van der Waals surface area contributed by atoms with Crippen molar-refractivity contribution in [3.05, 3.63) is 11.6 Å². The molecule has 1 unspecified atom stereocenters. The van der Waals surface area contributed by atoms with Gasteiger partial charge in [-0.2, -0.15) is 5.26 Å². The number of nitriles is 1. The highest BCUT2D eigenvalue weighted by atomic mass is 19.1. The molecule has 2 nitrogen and oxygen atoms in total. The van der Waals surface area contributed by atoms with Gasteiger partial charge >= 0.3 is 0 Å². The summed E-state index contributed by atoms with van der Waals surface area (Å²) in [6.07, 6.45) is 4.37. The van der Waals surface area contributed by atoms with Crippen molar-refractivity contribution < 1.29 is 4.39 Å². The van der Waals surface area contributed by atoms with Gasteiger partial charge in [-0.25, -0.2) is 4.39 Å². The Labute approximate surface area is 110 Å². The second kappa shape index (κ2) is 6.33. The molecule has 0 bridgehead atoms. The molecule has 3 heteroatoms. The summed E-state index contributed by atoms with van der Waals surface area (Å²) in [5, 5.41) is 8.84. The molecule has 0 amide bonds. The SMILES string of the molecule is CC/C(C#N)=C\CC(C)C1(F)CN([C@@H](C)CC)C1. The van der Waals surface area contributed by atoms with Crippen LogP contribution in [-0.2, 0) is 0 Å². The van der Waals surface area contributed by atoms with E-state index >= 15 is 0 Å². The molecule has 0 aromatic rings. The lowest BCUT2D eigenvalue weighted by Crippen LogP contribution is -2.64. The summed E-state index contributed by atoms with van der Waals surface area (Å²) in [4.78, 5) is 2.20. The van der Waals surface area contributed by atoms with Gasteiger partial charge in [-0.15, -0.1) is 0 Å². The Hall–Kier alpha value is -0.880. The van der Waals surface area contributed by atoms with E-state index in [-0.39, 0.29) is 5.92 Å². The Morgan fingerprint density at radius 3 is 2.50 bits per heavy atom. The molecule has 1 aliphatic heterocycles. The van der Waals surface area contributed by atoms with Crippen LogP contribution in [0.25, 0.3) is 0 Å². The fourth-order valence-corrected chi connectivity index (χ4v) is 2.31. The molecular weight excluding hydrogens is 227 g/mol. The van der Waals surface area contributed by atoms with Crippen LogP contribution in [0.5, 0.6) is 0 Å². The summed E-state index contributed by atoms with van der Waals surface area (Å²) in [6.45, 7) is 9.29. The number of alkyl halides is 1. The van der Waals surface area contributed by atoms with Gasteiger partial charge in [0, 0.05) is 24.7 Å². The number of nitrogens with zero attached hydrogens (tertiary/aromatic N) is 2. The van der Waals surface area contributed by atoms with E-state index in [0.717, 1.165) is 18.4 Å². The average Bonchev–Trinajstić information content (AvgIpc) is 2.34. The first-order valence-electron chi connectivity index (χ1n) is 6.98.